The van der Waals surface area contributed by atoms with Crippen LogP contribution in [-0.2, 0) is 19.5 Å². The number of urea groups is 1. The second-order valence-electron chi connectivity index (χ2n) is 7.89. The van der Waals surface area contributed by atoms with Gasteiger partial charge in [0.1, 0.15) is 6.54 Å². The van der Waals surface area contributed by atoms with Crippen molar-refractivity contribution in [2.24, 2.45) is 5.92 Å². The zero-order chi connectivity index (χ0) is 21.7. The van der Waals surface area contributed by atoms with E-state index in [1.54, 1.807) is 19.1 Å². The van der Waals surface area contributed by atoms with Crippen molar-refractivity contribution in [3.63, 3.8) is 0 Å². The summed E-state index contributed by atoms with van der Waals surface area (Å²) in [6.07, 6.45) is 3.01. The first-order chi connectivity index (χ1) is 14.2. The van der Waals surface area contributed by atoms with E-state index in [0.29, 0.717) is 25.4 Å². The number of carbonyl (C=O) groups excluding carboxylic acids is 2. The number of unbranched alkanes of at least 4 members (excludes halogenated alkanes) is 1. The van der Waals surface area contributed by atoms with Crippen LogP contribution in [0.4, 0.5) is 9.18 Å². The Bertz CT molecular complexity index is 887. The molecule has 8 nitrogen and oxygen atoms in total. The van der Waals surface area contributed by atoms with E-state index in [1.165, 1.54) is 6.07 Å². The predicted octanol–water partition coefficient (Wildman–Crippen LogP) is 2.40. The number of hydrogen-bond donors (Lipinski definition) is 1. The Labute approximate surface area is 175 Å². The highest BCUT2D eigenvalue weighted by Crippen LogP contribution is 2.31. The van der Waals surface area contributed by atoms with E-state index in [-0.39, 0.29) is 36.3 Å². The average Bonchev–Trinajstić information content (AvgIpc) is 3.44. The molecule has 0 spiro atoms. The highest BCUT2D eigenvalue weighted by atomic mass is 32.2. The summed E-state index contributed by atoms with van der Waals surface area (Å²) in [4.78, 5) is 27.6. The van der Waals surface area contributed by atoms with Crippen LogP contribution in [0.15, 0.2) is 18.2 Å². The fraction of sp³-hybridized carbons (Fsp3) is 0.600. The molecule has 10 heteroatoms. The van der Waals surface area contributed by atoms with E-state index in [2.05, 4.69) is 5.32 Å². The third kappa shape index (κ3) is 6.66. The van der Waals surface area contributed by atoms with E-state index in [9.17, 15) is 22.4 Å². The van der Waals surface area contributed by atoms with Crippen LogP contribution in [0.2, 0.25) is 0 Å². The highest BCUT2D eigenvalue weighted by Gasteiger charge is 2.27. The van der Waals surface area contributed by atoms with Crippen molar-refractivity contribution in [3.8, 4) is 5.75 Å². The van der Waals surface area contributed by atoms with E-state index in [4.69, 9.17) is 9.57 Å². The third-order valence-electron chi connectivity index (χ3n) is 5.06. The van der Waals surface area contributed by atoms with Gasteiger partial charge in [0.15, 0.2) is 21.4 Å². The van der Waals surface area contributed by atoms with E-state index in [0.717, 1.165) is 23.5 Å². The van der Waals surface area contributed by atoms with Crippen LogP contribution < -0.4 is 10.1 Å². The predicted molar refractivity (Wildman–Crippen MR) is 107 cm³/mol. The fourth-order valence-corrected chi connectivity index (χ4v) is 4.88. The summed E-state index contributed by atoms with van der Waals surface area (Å²) < 4.78 is 44.4. The summed E-state index contributed by atoms with van der Waals surface area (Å²) in [6, 6.07) is 3.89. The van der Waals surface area contributed by atoms with Crippen molar-refractivity contribution in [1.29, 1.82) is 0 Å². The molecule has 2 fully saturated rings. The van der Waals surface area contributed by atoms with Gasteiger partial charge in [0.05, 0.1) is 24.7 Å². The molecule has 1 aliphatic heterocycles. The zero-order valence-electron chi connectivity index (χ0n) is 16.9. The Morgan fingerprint density at radius 2 is 2.03 bits per heavy atom. The number of benzene rings is 1. The Kier molecular flexibility index (Phi) is 7.30. The van der Waals surface area contributed by atoms with Crippen molar-refractivity contribution in [3.05, 3.63) is 29.6 Å². The van der Waals surface area contributed by atoms with Gasteiger partial charge in [0.2, 0.25) is 5.91 Å². The van der Waals surface area contributed by atoms with Gasteiger partial charge in [-0.2, -0.15) is 5.06 Å². The number of sulfone groups is 1. The monoisotopic (exact) mass is 442 g/mol. The number of hydroxylamine groups is 2. The largest absolute Gasteiger partial charge is 0.490 e. The molecule has 1 saturated carbocycles. The molecule has 3 rings (SSSR count). The van der Waals surface area contributed by atoms with Gasteiger partial charge in [0, 0.05) is 0 Å². The Hall–Kier alpha value is -2.20. The number of ether oxygens (including phenoxy) is 1. The molecule has 0 aromatic heterocycles. The minimum absolute atomic E-state index is 0.0158. The van der Waals surface area contributed by atoms with Gasteiger partial charge in [-0.3, -0.25) is 14.9 Å². The Morgan fingerprint density at radius 3 is 2.70 bits per heavy atom. The first-order valence-electron chi connectivity index (χ1n) is 10.1. The fourth-order valence-electron chi connectivity index (χ4n) is 3.12. The molecular weight excluding hydrogens is 415 g/mol. The lowest BCUT2D eigenvalue weighted by atomic mass is 10.0. The molecule has 1 heterocycles. The molecule has 1 aromatic carbocycles. The van der Waals surface area contributed by atoms with Gasteiger partial charge in [0.25, 0.3) is 0 Å². The number of halogens is 1. The number of nitrogens with zero attached hydrogens (tertiary/aromatic N) is 1. The second kappa shape index (κ2) is 9.74. The molecule has 1 atom stereocenters. The van der Waals surface area contributed by atoms with Gasteiger partial charge in [-0.1, -0.05) is 13.0 Å². The topological polar surface area (TPSA) is 102 Å². The molecular formula is C20H27FN2O6S. The molecule has 166 valence electrons. The molecule has 3 amide bonds. The van der Waals surface area contributed by atoms with Crippen LogP contribution in [0.5, 0.6) is 5.75 Å². The third-order valence-corrected chi connectivity index (χ3v) is 6.98. The second-order valence-corrected chi connectivity index (χ2v) is 10.1. The molecule has 1 aliphatic carbocycles. The summed E-state index contributed by atoms with van der Waals surface area (Å²) in [5, 5.41) is 3.01. The molecule has 1 saturated heterocycles. The number of carbonyl (C=O) groups is 2. The van der Waals surface area contributed by atoms with E-state index in [1.807, 2.05) is 0 Å². The summed E-state index contributed by atoms with van der Waals surface area (Å²) in [5.74, 6) is -0.570. The smallest absolute Gasteiger partial charge is 0.348 e. The van der Waals surface area contributed by atoms with Crippen molar-refractivity contribution >= 4 is 21.8 Å². The van der Waals surface area contributed by atoms with Crippen LogP contribution in [-0.4, -0.2) is 56.7 Å². The molecule has 0 bridgehead atoms. The lowest BCUT2D eigenvalue weighted by Gasteiger charge is -2.15. The molecule has 0 unspecified atom stereocenters. The van der Waals surface area contributed by atoms with Gasteiger partial charge in [-0.15, -0.1) is 0 Å². The van der Waals surface area contributed by atoms with Crippen molar-refractivity contribution < 1.29 is 32.0 Å². The molecule has 30 heavy (non-hydrogen) atoms. The summed E-state index contributed by atoms with van der Waals surface area (Å²) in [7, 11) is -3.32. The maximum Gasteiger partial charge on any atom is 0.348 e. The lowest BCUT2D eigenvalue weighted by Crippen LogP contribution is -2.29. The van der Waals surface area contributed by atoms with Gasteiger partial charge in [-0.25, -0.2) is 17.6 Å². The van der Waals surface area contributed by atoms with Gasteiger partial charge in [-0.05, 0) is 55.2 Å². The highest BCUT2D eigenvalue weighted by molar-refractivity contribution is 7.91. The number of hydrogen-bond acceptors (Lipinski definition) is 6. The zero-order valence-corrected chi connectivity index (χ0v) is 17.8. The maximum atomic E-state index is 13.9. The van der Waals surface area contributed by atoms with E-state index >= 15 is 0 Å². The van der Waals surface area contributed by atoms with Crippen molar-refractivity contribution in [1.82, 2.24) is 10.4 Å². The Morgan fingerprint density at radius 1 is 1.27 bits per heavy atom. The SMILES string of the molecule is C[C@@H](CS(=O)(=O)CCCCON1CC(=O)NC1=O)c1ccc(F)c(OCC2CC2)c1. The number of amides is 3. The molecule has 0 radical (unpaired) electrons. The van der Waals surface area contributed by atoms with Crippen LogP contribution in [0.1, 0.15) is 44.1 Å². The average molecular weight is 443 g/mol. The minimum atomic E-state index is -3.32. The van der Waals surface area contributed by atoms with E-state index < -0.39 is 27.6 Å². The van der Waals surface area contributed by atoms with Crippen LogP contribution in [0.3, 0.4) is 0 Å². The van der Waals surface area contributed by atoms with Crippen molar-refractivity contribution in [2.45, 2.75) is 38.5 Å². The summed E-state index contributed by atoms with van der Waals surface area (Å²) >= 11 is 0. The first kappa shape index (κ1) is 22.5. The number of rotatable bonds is 12. The minimum Gasteiger partial charge on any atom is -0.490 e. The summed E-state index contributed by atoms with van der Waals surface area (Å²) in [6.45, 7) is 2.27. The molecule has 2 aliphatic rings. The number of nitrogens with one attached hydrogen (secondary N) is 1. The van der Waals surface area contributed by atoms with Crippen LogP contribution in [0, 0.1) is 11.7 Å². The quantitative estimate of drug-likeness (QED) is 0.394. The van der Waals surface area contributed by atoms with Gasteiger partial charge < -0.3 is 4.74 Å². The first-order valence-corrected chi connectivity index (χ1v) is 11.9. The maximum absolute atomic E-state index is 13.9. The Balaban J connectivity index is 1.42. The molecule has 1 aromatic rings. The summed E-state index contributed by atoms with van der Waals surface area (Å²) in [5.41, 5.74) is 0.721. The standard InChI is InChI=1S/C20H27FN2O6S/c1-14(16-6-7-17(21)18(10-16)28-12-15-4-5-15)13-30(26,27)9-3-2-8-29-23-11-19(24)22-20(23)25/h6-7,10,14-15H,2-5,8-9,11-13H2,1H3,(H,22,24,25)/t14-/m0/s1. The molecule has 1 N–H and O–H groups in total. The van der Waals surface area contributed by atoms with Gasteiger partial charge >= 0.3 is 6.03 Å². The van der Waals surface area contributed by atoms with Crippen LogP contribution in [0.25, 0.3) is 0 Å². The number of imide groups is 1. The van der Waals surface area contributed by atoms with Crippen LogP contribution >= 0.6 is 0 Å². The normalized spacial score (nSPS) is 17.9. The van der Waals surface area contributed by atoms with Crippen molar-refractivity contribution in [2.75, 3.05) is 31.3 Å². The lowest BCUT2D eigenvalue weighted by molar-refractivity contribution is -0.130.